The maximum Gasteiger partial charge on any atom is 0.211 e. The van der Waals surface area contributed by atoms with E-state index in [1.54, 1.807) is 4.31 Å². The molecular formula is C8H16N2O3S. The van der Waals surface area contributed by atoms with Crippen LogP contribution in [0.25, 0.3) is 0 Å². The number of piperidine rings is 1. The Hall–Kier alpha value is -0.170. The summed E-state index contributed by atoms with van der Waals surface area (Å²) in [6.45, 7) is 2.64. The van der Waals surface area contributed by atoms with Crippen molar-refractivity contribution in [1.29, 1.82) is 0 Å². The fourth-order valence-electron chi connectivity index (χ4n) is 2.19. The molecule has 0 radical (unpaired) electrons. The van der Waals surface area contributed by atoms with E-state index in [2.05, 4.69) is 5.32 Å². The van der Waals surface area contributed by atoms with Crippen molar-refractivity contribution in [3.05, 3.63) is 0 Å². The molecule has 0 spiro atoms. The number of ether oxygens (including phenoxy) is 1. The predicted octanol–water partition coefficient (Wildman–Crippen LogP) is -0.991. The van der Waals surface area contributed by atoms with Crippen LogP contribution in [0.3, 0.4) is 0 Å². The van der Waals surface area contributed by atoms with Gasteiger partial charge in [-0.2, -0.15) is 4.31 Å². The number of sulfonamides is 1. The molecule has 2 saturated heterocycles. The predicted molar refractivity (Wildman–Crippen MR) is 52.6 cm³/mol. The molecule has 2 aliphatic rings. The maximum absolute atomic E-state index is 11.5. The summed E-state index contributed by atoms with van der Waals surface area (Å²) >= 11 is 0. The standard InChI is InChI=1S/C8H16N2O3S/c1-14(11,12)10-4-5-13-8-6-9-3-2-7(8)10/h7-9H,2-6H2,1H3. The summed E-state index contributed by atoms with van der Waals surface area (Å²) in [6.07, 6.45) is 2.15. The van der Waals surface area contributed by atoms with Gasteiger partial charge in [0.05, 0.1) is 25.0 Å². The topological polar surface area (TPSA) is 58.6 Å². The third kappa shape index (κ3) is 1.93. The average Bonchev–Trinajstić information content (AvgIpc) is 2.15. The molecule has 2 fully saturated rings. The zero-order chi connectivity index (χ0) is 10.2. The third-order valence-electron chi connectivity index (χ3n) is 2.83. The van der Waals surface area contributed by atoms with Gasteiger partial charge < -0.3 is 10.1 Å². The van der Waals surface area contributed by atoms with Crippen molar-refractivity contribution in [3.63, 3.8) is 0 Å². The molecule has 0 aromatic carbocycles. The number of hydrogen-bond acceptors (Lipinski definition) is 4. The Bertz CT molecular complexity index is 302. The first-order valence-electron chi connectivity index (χ1n) is 4.88. The summed E-state index contributed by atoms with van der Waals surface area (Å²) in [7, 11) is -3.07. The molecule has 2 atom stereocenters. The monoisotopic (exact) mass is 220 g/mol. The molecule has 2 aliphatic heterocycles. The average molecular weight is 220 g/mol. The van der Waals surface area contributed by atoms with Gasteiger partial charge in [-0.3, -0.25) is 0 Å². The van der Waals surface area contributed by atoms with Gasteiger partial charge >= 0.3 is 0 Å². The Labute approximate surface area is 84.5 Å². The lowest BCUT2D eigenvalue weighted by molar-refractivity contribution is -0.0507. The van der Waals surface area contributed by atoms with Gasteiger partial charge in [0.25, 0.3) is 0 Å². The molecule has 0 aromatic rings. The second-order valence-electron chi connectivity index (χ2n) is 3.84. The Balaban J connectivity index is 2.17. The summed E-state index contributed by atoms with van der Waals surface area (Å²) in [4.78, 5) is 0. The summed E-state index contributed by atoms with van der Waals surface area (Å²) in [5.74, 6) is 0. The minimum Gasteiger partial charge on any atom is -0.374 e. The van der Waals surface area contributed by atoms with Crippen molar-refractivity contribution in [1.82, 2.24) is 9.62 Å². The van der Waals surface area contributed by atoms with Crippen molar-refractivity contribution in [2.75, 3.05) is 32.5 Å². The molecule has 82 valence electrons. The van der Waals surface area contributed by atoms with Crippen LogP contribution in [0.15, 0.2) is 0 Å². The molecule has 0 aromatic heterocycles. The van der Waals surface area contributed by atoms with Crippen LogP contribution in [-0.2, 0) is 14.8 Å². The molecule has 2 rings (SSSR count). The first-order chi connectivity index (χ1) is 6.59. The lowest BCUT2D eigenvalue weighted by Crippen LogP contribution is -2.59. The van der Waals surface area contributed by atoms with E-state index >= 15 is 0 Å². The Kier molecular flexibility index (Phi) is 2.79. The fraction of sp³-hybridized carbons (Fsp3) is 1.00. The number of rotatable bonds is 1. The van der Waals surface area contributed by atoms with Gasteiger partial charge in [0.1, 0.15) is 0 Å². The minimum atomic E-state index is -3.07. The minimum absolute atomic E-state index is 0.0345. The van der Waals surface area contributed by atoms with Crippen LogP contribution in [0.1, 0.15) is 6.42 Å². The molecule has 0 bridgehead atoms. The number of fused-ring (bicyclic) bond motifs is 1. The summed E-state index contributed by atoms with van der Waals surface area (Å²) < 4.78 is 30.1. The molecule has 1 N–H and O–H groups in total. The van der Waals surface area contributed by atoms with Gasteiger partial charge in [0, 0.05) is 13.1 Å². The molecule has 0 amide bonds. The molecule has 6 heteroatoms. The van der Waals surface area contributed by atoms with Crippen LogP contribution in [0.5, 0.6) is 0 Å². The highest BCUT2D eigenvalue weighted by Gasteiger charge is 2.38. The number of hydrogen-bond donors (Lipinski definition) is 1. The molecule has 2 heterocycles. The first-order valence-corrected chi connectivity index (χ1v) is 6.73. The quantitative estimate of drug-likeness (QED) is 0.616. The van der Waals surface area contributed by atoms with Crippen LogP contribution in [0.4, 0.5) is 0 Å². The van der Waals surface area contributed by atoms with Gasteiger partial charge in [0.15, 0.2) is 0 Å². The zero-order valence-corrected chi connectivity index (χ0v) is 9.09. The van der Waals surface area contributed by atoms with Crippen molar-refractivity contribution < 1.29 is 13.2 Å². The second kappa shape index (κ2) is 3.77. The lowest BCUT2D eigenvalue weighted by atomic mass is 10.0. The van der Waals surface area contributed by atoms with Crippen LogP contribution in [-0.4, -0.2) is 57.4 Å². The van der Waals surface area contributed by atoms with E-state index in [9.17, 15) is 8.42 Å². The van der Waals surface area contributed by atoms with Crippen molar-refractivity contribution in [2.24, 2.45) is 0 Å². The smallest absolute Gasteiger partial charge is 0.211 e. The zero-order valence-electron chi connectivity index (χ0n) is 8.27. The Morgan fingerprint density at radius 1 is 1.50 bits per heavy atom. The highest BCUT2D eigenvalue weighted by molar-refractivity contribution is 7.88. The molecular weight excluding hydrogens is 204 g/mol. The highest BCUT2D eigenvalue weighted by atomic mass is 32.2. The highest BCUT2D eigenvalue weighted by Crippen LogP contribution is 2.21. The van der Waals surface area contributed by atoms with Gasteiger partial charge in [-0.1, -0.05) is 0 Å². The maximum atomic E-state index is 11.5. The van der Waals surface area contributed by atoms with E-state index < -0.39 is 10.0 Å². The molecule has 14 heavy (non-hydrogen) atoms. The van der Waals surface area contributed by atoms with Crippen molar-refractivity contribution in [3.8, 4) is 0 Å². The van der Waals surface area contributed by atoms with E-state index in [1.807, 2.05) is 0 Å². The first kappa shape index (κ1) is 10.4. The molecule has 0 aliphatic carbocycles. The molecule has 2 unspecified atom stereocenters. The number of nitrogens with one attached hydrogen (secondary N) is 1. The lowest BCUT2D eigenvalue weighted by Gasteiger charge is -2.42. The van der Waals surface area contributed by atoms with E-state index in [4.69, 9.17) is 4.74 Å². The van der Waals surface area contributed by atoms with E-state index in [1.165, 1.54) is 6.26 Å². The second-order valence-corrected chi connectivity index (χ2v) is 5.78. The number of nitrogens with zero attached hydrogens (tertiary/aromatic N) is 1. The molecule has 5 nitrogen and oxygen atoms in total. The van der Waals surface area contributed by atoms with Gasteiger partial charge in [-0.15, -0.1) is 0 Å². The van der Waals surface area contributed by atoms with Gasteiger partial charge in [-0.05, 0) is 13.0 Å². The van der Waals surface area contributed by atoms with E-state index in [-0.39, 0.29) is 12.1 Å². The fourth-order valence-corrected chi connectivity index (χ4v) is 3.33. The van der Waals surface area contributed by atoms with E-state index in [0.29, 0.717) is 13.2 Å². The van der Waals surface area contributed by atoms with Crippen LogP contribution in [0.2, 0.25) is 0 Å². The largest absolute Gasteiger partial charge is 0.374 e. The van der Waals surface area contributed by atoms with Crippen LogP contribution >= 0.6 is 0 Å². The van der Waals surface area contributed by atoms with Gasteiger partial charge in [0.2, 0.25) is 10.0 Å². The Morgan fingerprint density at radius 2 is 2.29 bits per heavy atom. The number of morpholine rings is 1. The van der Waals surface area contributed by atoms with Crippen molar-refractivity contribution >= 4 is 10.0 Å². The SMILES string of the molecule is CS(=O)(=O)N1CCOC2CNCCC21. The molecule has 0 saturated carbocycles. The van der Waals surface area contributed by atoms with Gasteiger partial charge in [-0.25, -0.2) is 8.42 Å². The summed E-state index contributed by atoms with van der Waals surface area (Å²) in [6, 6.07) is 0.0417. The summed E-state index contributed by atoms with van der Waals surface area (Å²) in [5.41, 5.74) is 0. The third-order valence-corrected chi connectivity index (χ3v) is 4.14. The normalized spacial score (nSPS) is 35.2. The van der Waals surface area contributed by atoms with Crippen LogP contribution in [0, 0.1) is 0 Å². The van der Waals surface area contributed by atoms with E-state index in [0.717, 1.165) is 19.5 Å². The summed E-state index contributed by atoms with van der Waals surface area (Å²) in [5, 5.41) is 3.21. The van der Waals surface area contributed by atoms with Crippen molar-refractivity contribution in [2.45, 2.75) is 18.6 Å². The Morgan fingerprint density at radius 3 is 3.00 bits per heavy atom. The van der Waals surface area contributed by atoms with Crippen LogP contribution < -0.4 is 5.32 Å².